The van der Waals surface area contributed by atoms with Crippen molar-refractivity contribution in [2.75, 3.05) is 13.2 Å². The molecule has 0 radical (unpaired) electrons. The van der Waals surface area contributed by atoms with Crippen LogP contribution in [0.2, 0.25) is 0 Å². The summed E-state index contributed by atoms with van der Waals surface area (Å²) < 4.78 is 5.77. The second-order valence-corrected chi connectivity index (χ2v) is 5.18. The van der Waals surface area contributed by atoms with Gasteiger partial charge in [0.05, 0.1) is 12.6 Å². The van der Waals surface area contributed by atoms with Gasteiger partial charge in [-0.25, -0.2) is 0 Å². The zero-order chi connectivity index (χ0) is 14.4. The van der Waals surface area contributed by atoms with E-state index >= 15 is 0 Å². The topological polar surface area (TPSA) is 62.6 Å². The lowest BCUT2D eigenvalue weighted by molar-refractivity contribution is 0.0732. The molecule has 0 aromatic carbocycles. The lowest BCUT2D eigenvalue weighted by Gasteiger charge is -2.38. The molecule has 19 heavy (non-hydrogen) atoms. The Morgan fingerprint density at radius 3 is 2.32 bits per heavy atom. The molecule has 3 N–H and O–H groups in total. The van der Waals surface area contributed by atoms with Gasteiger partial charge in [0.15, 0.2) is 0 Å². The molecule has 0 bridgehead atoms. The first kappa shape index (κ1) is 16.2. The van der Waals surface area contributed by atoms with Gasteiger partial charge in [-0.15, -0.1) is 0 Å². The summed E-state index contributed by atoms with van der Waals surface area (Å²) >= 11 is 0. The van der Waals surface area contributed by atoms with Crippen LogP contribution in [0.15, 0.2) is 16.5 Å². The number of aryl methyl sites for hydroxylation is 1. The molecule has 1 rings (SSSR count). The highest BCUT2D eigenvalue weighted by molar-refractivity contribution is 5.12. The second-order valence-electron chi connectivity index (χ2n) is 5.18. The van der Waals surface area contributed by atoms with Crippen molar-refractivity contribution >= 4 is 0 Å². The summed E-state index contributed by atoms with van der Waals surface area (Å²) in [6.07, 6.45) is 2.08. The zero-order valence-corrected chi connectivity index (χ0v) is 12.6. The summed E-state index contributed by atoms with van der Waals surface area (Å²) in [5, 5.41) is 9.35. The maximum absolute atomic E-state index is 9.35. The summed E-state index contributed by atoms with van der Waals surface area (Å²) in [4.78, 5) is 2.28. The largest absolute Gasteiger partial charge is 0.465 e. The predicted octanol–water partition coefficient (Wildman–Crippen LogP) is 2.46. The van der Waals surface area contributed by atoms with E-state index in [1.807, 2.05) is 26.0 Å². The Labute approximate surface area is 116 Å². The first-order valence-electron chi connectivity index (χ1n) is 7.23. The second kappa shape index (κ2) is 7.68. The smallest absolute Gasteiger partial charge is 0.122 e. The van der Waals surface area contributed by atoms with Gasteiger partial charge in [-0.1, -0.05) is 13.8 Å². The van der Waals surface area contributed by atoms with Crippen LogP contribution in [-0.2, 0) is 0 Å². The molecule has 0 aliphatic carbocycles. The average molecular weight is 268 g/mol. The fraction of sp³-hybridized carbons (Fsp3) is 0.733. The van der Waals surface area contributed by atoms with Crippen molar-refractivity contribution in [2.45, 2.75) is 58.7 Å². The summed E-state index contributed by atoms with van der Waals surface area (Å²) in [5.41, 5.74) is 6.17. The first-order valence-corrected chi connectivity index (χ1v) is 7.23. The van der Waals surface area contributed by atoms with Crippen LogP contribution >= 0.6 is 0 Å². The van der Waals surface area contributed by atoms with Crippen LogP contribution in [0.4, 0.5) is 0 Å². The van der Waals surface area contributed by atoms with Gasteiger partial charge < -0.3 is 15.3 Å². The van der Waals surface area contributed by atoms with Crippen molar-refractivity contribution < 1.29 is 9.52 Å². The standard InChI is InChI=1S/C15H28N2O2/c1-5-13(6-2)17(9-10-18)15(12(4)16)14-8-7-11(3)19-14/h7-8,12-13,15,18H,5-6,9-10,16H2,1-4H3. The van der Waals surface area contributed by atoms with Gasteiger partial charge in [-0.05, 0) is 38.8 Å². The molecule has 2 atom stereocenters. The number of nitrogens with two attached hydrogens (primary N) is 1. The van der Waals surface area contributed by atoms with Gasteiger partial charge in [0, 0.05) is 18.6 Å². The number of furan rings is 1. The van der Waals surface area contributed by atoms with E-state index in [0.717, 1.165) is 24.4 Å². The fourth-order valence-corrected chi connectivity index (χ4v) is 2.76. The molecular weight excluding hydrogens is 240 g/mol. The van der Waals surface area contributed by atoms with Crippen LogP contribution in [0, 0.1) is 6.92 Å². The van der Waals surface area contributed by atoms with Crippen LogP contribution in [0.25, 0.3) is 0 Å². The molecule has 0 saturated heterocycles. The summed E-state index contributed by atoms with van der Waals surface area (Å²) in [6, 6.07) is 4.35. The normalized spacial score (nSPS) is 15.2. The summed E-state index contributed by atoms with van der Waals surface area (Å²) in [5.74, 6) is 1.79. The van der Waals surface area contributed by atoms with E-state index in [0.29, 0.717) is 12.6 Å². The van der Waals surface area contributed by atoms with Gasteiger partial charge >= 0.3 is 0 Å². The van der Waals surface area contributed by atoms with Crippen LogP contribution < -0.4 is 5.73 Å². The maximum Gasteiger partial charge on any atom is 0.122 e. The summed E-state index contributed by atoms with van der Waals surface area (Å²) in [7, 11) is 0. The maximum atomic E-state index is 9.35. The number of hydrogen-bond acceptors (Lipinski definition) is 4. The third-order valence-corrected chi connectivity index (χ3v) is 3.68. The SMILES string of the molecule is CCC(CC)N(CCO)C(c1ccc(C)o1)C(C)N. The number of rotatable bonds is 8. The lowest BCUT2D eigenvalue weighted by Crippen LogP contribution is -2.46. The number of aliphatic hydroxyl groups is 1. The summed E-state index contributed by atoms with van der Waals surface area (Å²) in [6.45, 7) is 9.04. The minimum absolute atomic E-state index is 0.0192. The van der Waals surface area contributed by atoms with Gasteiger partial charge in [-0.3, -0.25) is 4.90 Å². The first-order chi connectivity index (χ1) is 9.04. The number of aliphatic hydroxyl groups excluding tert-OH is 1. The van der Waals surface area contributed by atoms with Crippen LogP contribution in [0.1, 0.15) is 51.2 Å². The van der Waals surface area contributed by atoms with E-state index in [4.69, 9.17) is 10.2 Å². The molecule has 1 aromatic heterocycles. The molecule has 4 heteroatoms. The predicted molar refractivity (Wildman–Crippen MR) is 78.0 cm³/mol. The van der Waals surface area contributed by atoms with E-state index in [9.17, 15) is 5.11 Å². The van der Waals surface area contributed by atoms with E-state index in [1.165, 1.54) is 0 Å². The molecule has 2 unspecified atom stereocenters. The van der Waals surface area contributed by atoms with Crippen molar-refractivity contribution in [3.8, 4) is 0 Å². The molecule has 0 saturated carbocycles. The Hall–Kier alpha value is -0.840. The molecular formula is C15H28N2O2. The molecule has 0 spiro atoms. The highest BCUT2D eigenvalue weighted by Crippen LogP contribution is 2.28. The Balaban J connectivity index is 3.04. The Bertz CT molecular complexity index is 359. The zero-order valence-electron chi connectivity index (χ0n) is 12.6. The van der Waals surface area contributed by atoms with Gasteiger partial charge in [0.1, 0.15) is 11.5 Å². The molecule has 1 heterocycles. The number of nitrogens with zero attached hydrogens (tertiary/aromatic N) is 1. The van der Waals surface area contributed by atoms with E-state index in [-0.39, 0.29) is 18.7 Å². The molecule has 1 aromatic rings. The van der Waals surface area contributed by atoms with Gasteiger partial charge in [0.2, 0.25) is 0 Å². The third kappa shape index (κ3) is 4.06. The van der Waals surface area contributed by atoms with Crippen LogP contribution in [0.3, 0.4) is 0 Å². The Kier molecular flexibility index (Phi) is 6.55. The molecule has 4 nitrogen and oxygen atoms in total. The van der Waals surface area contributed by atoms with Gasteiger partial charge in [0.25, 0.3) is 0 Å². The molecule has 0 amide bonds. The molecule has 0 fully saturated rings. The van der Waals surface area contributed by atoms with E-state index in [1.54, 1.807) is 0 Å². The van der Waals surface area contributed by atoms with Crippen LogP contribution in [-0.4, -0.2) is 35.2 Å². The fourth-order valence-electron chi connectivity index (χ4n) is 2.76. The Morgan fingerprint density at radius 1 is 1.32 bits per heavy atom. The van der Waals surface area contributed by atoms with Crippen molar-refractivity contribution in [1.29, 1.82) is 0 Å². The van der Waals surface area contributed by atoms with Crippen molar-refractivity contribution in [1.82, 2.24) is 4.90 Å². The third-order valence-electron chi connectivity index (χ3n) is 3.68. The minimum atomic E-state index is -0.0438. The van der Waals surface area contributed by atoms with Crippen LogP contribution in [0.5, 0.6) is 0 Å². The van der Waals surface area contributed by atoms with Crippen molar-refractivity contribution in [3.05, 3.63) is 23.7 Å². The average Bonchev–Trinajstić information content (AvgIpc) is 2.77. The van der Waals surface area contributed by atoms with Gasteiger partial charge in [-0.2, -0.15) is 0 Å². The molecule has 110 valence electrons. The Morgan fingerprint density at radius 2 is 1.95 bits per heavy atom. The van der Waals surface area contributed by atoms with E-state index < -0.39 is 0 Å². The van der Waals surface area contributed by atoms with E-state index in [2.05, 4.69) is 18.7 Å². The number of hydrogen-bond donors (Lipinski definition) is 2. The molecule has 0 aliphatic heterocycles. The quantitative estimate of drug-likeness (QED) is 0.760. The van der Waals surface area contributed by atoms with Crippen molar-refractivity contribution in [2.24, 2.45) is 5.73 Å². The molecule has 0 aliphatic rings. The lowest BCUT2D eigenvalue weighted by atomic mass is 10.0. The highest BCUT2D eigenvalue weighted by atomic mass is 16.3. The van der Waals surface area contributed by atoms with Crippen molar-refractivity contribution in [3.63, 3.8) is 0 Å². The highest BCUT2D eigenvalue weighted by Gasteiger charge is 2.30. The monoisotopic (exact) mass is 268 g/mol. The minimum Gasteiger partial charge on any atom is -0.465 e.